The third kappa shape index (κ3) is 1.29. The molecule has 1 saturated carbocycles. The first-order chi connectivity index (χ1) is 7.01. The van der Waals surface area contributed by atoms with Crippen LogP contribution in [0.1, 0.15) is 44.7 Å². The highest BCUT2D eigenvalue weighted by molar-refractivity contribution is 5.64. The highest BCUT2D eigenvalue weighted by atomic mass is 15.0. The Morgan fingerprint density at radius 3 is 2.53 bits per heavy atom. The first-order valence-corrected chi connectivity index (χ1v) is 5.90. The quantitative estimate of drug-likeness (QED) is 0.678. The zero-order chi connectivity index (χ0) is 10.7. The molecule has 1 nitrogen and oxygen atoms in total. The maximum atomic E-state index is 3.53. The van der Waals surface area contributed by atoms with Gasteiger partial charge in [0.2, 0.25) is 0 Å². The van der Waals surface area contributed by atoms with Crippen molar-refractivity contribution in [3.8, 4) is 0 Å². The van der Waals surface area contributed by atoms with Gasteiger partial charge in [-0.15, -0.1) is 0 Å². The summed E-state index contributed by atoms with van der Waals surface area (Å²) in [7, 11) is 0. The van der Waals surface area contributed by atoms with E-state index in [1.165, 1.54) is 24.1 Å². The Labute approximate surface area is 91.9 Å². The van der Waals surface area contributed by atoms with Crippen LogP contribution in [0.2, 0.25) is 0 Å². The van der Waals surface area contributed by atoms with Gasteiger partial charge < -0.3 is 5.32 Å². The van der Waals surface area contributed by atoms with E-state index in [9.17, 15) is 0 Å². The molecule has 1 heteroatoms. The lowest BCUT2D eigenvalue weighted by molar-refractivity contribution is 0.588. The summed E-state index contributed by atoms with van der Waals surface area (Å²) in [5.74, 6) is 0. The van der Waals surface area contributed by atoms with Gasteiger partial charge in [-0.1, -0.05) is 32.9 Å². The SMILES string of the molecule is CC(C)(C)c1ccc2c(c1)C1(CC1)CN2. The Hall–Kier alpha value is -0.980. The van der Waals surface area contributed by atoms with Crippen LogP contribution in [0.25, 0.3) is 0 Å². The fourth-order valence-electron chi connectivity index (χ4n) is 2.56. The number of hydrogen-bond donors (Lipinski definition) is 1. The molecule has 1 spiro atoms. The van der Waals surface area contributed by atoms with E-state index in [2.05, 4.69) is 44.3 Å². The molecule has 0 bridgehead atoms. The summed E-state index contributed by atoms with van der Waals surface area (Å²) < 4.78 is 0. The molecule has 0 saturated heterocycles. The predicted octanol–water partition coefficient (Wildman–Crippen LogP) is 3.44. The Morgan fingerprint density at radius 2 is 1.93 bits per heavy atom. The zero-order valence-electron chi connectivity index (χ0n) is 9.85. The van der Waals surface area contributed by atoms with Crippen LogP contribution in [0.3, 0.4) is 0 Å². The van der Waals surface area contributed by atoms with Crippen molar-refractivity contribution in [3.63, 3.8) is 0 Å². The molecular formula is C14H19N. The molecular weight excluding hydrogens is 182 g/mol. The summed E-state index contributed by atoms with van der Waals surface area (Å²) in [5, 5.41) is 3.53. The molecule has 0 amide bonds. The molecule has 15 heavy (non-hydrogen) atoms. The van der Waals surface area contributed by atoms with Crippen molar-refractivity contribution in [3.05, 3.63) is 29.3 Å². The molecule has 1 aromatic rings. The molecule has 1 aliphatic heterocycles. The monoisotopic (exact) mass is 201 g/mol. The van der Waals surface area contributed by atoms with Crippen molar-refractivity contribution in [2.24, 2.45) is 0 Å². The second-order valence-corrected chi connectivity index (χ2v) is 6.14. The molecule has 0 atom stereocenters. The molecule has 80 valence electrons. The molecule has 3 rings (SSSR count). The maximum Gasteiger partial charge on any atom is 0.0379 e. The van der Waals surface area contributed by atoms with E-state index in [1.807, 2.05) is 0 Å². The molecule has 1 heterocycles. The van der Waals surface area contributed by atoms with Crippen molar-refractivity contribution in [1.29, 1.82) is 0 Å². The highest BCUT2D eigenvalue weighted by Gasteiger charge is 2.49. The lowest BCUT2D eigenvalue weighted by Crippen LogP contribution is -2.13. The van der Waals surface area contributed by atoms with E-state index in [0.717, 1.165) is 6.54 Å². The minimum absolute atomic E-state index is 0.272. The molecule has 1 aromatic carbocycles. The van der Waals surface area contributed by atoms with E-state index in [-0.39, 0.29) is 5.41 Å². The summed E-state index contributed by atoms with van der Waals surface area (Å²) in [4.78, 5) is 0. The Morgan fingerprint density at radius 1 is 1.20 bits per heavy atom. The topological polar surface area (TPSA) is 12.0 Å². The van der Waals surface area contributed by atoms with E-state index < -0.39 is 0 Å². The zero-order valence-corrected chi connectivity index (χ0v) is 9.85. The molecule has 0 aromatic heterocycles. The number of nitrogens with one attached hydrogen (secondary N) is 1. The van der Waals surface area contributed by atoms with Crippen molar-refractivity contribution in [2.45, 2.75) is 44.4 Å². The van der Waals surface area contributed by atoms with Crippen molar-refractivity contribution < 1.29 is 0 Å². The molecule has 1 N–H and O–H groups in total. The third-order valence-electron chi connectivity index (χ3n) is 3.93. The van der Waals surface area contributed by atoms with Gasteiger partial charge in [-0.3, -0.25) is 0 Å². The average Bonchev–Trinajstić information content (AvgIpc) is 2.84. The third-order valence-corrected chi connectivity index (χ3v) is 3.93. The second-order valence-electron chi connectivity index (χ2n) is 6.14. The first kappa shape index (κ1) is 9.26. The summed E-state index contributed by atoms with van der Waals surface area (Å²) in [6.45, 7) is 8.03. The number of benzene rings is 1. The summed E-state index contributed by atoms with van der Waals surface area (Å²) in [5.41, 5.74) is 5.22. The van der Waals surface area contributed by atoms with Crippen LogP contribution in [-0.2, 0) is 10.8 Å². The minimum atomic E-state index is 0.272. The van der Waals surface area contributed by atoms with E-state index in [0.29, 0.717) is 5.41 Å². The van der Waals surface area contributed by atoms with E-state index in [4.69, 9.17) is 0 Å². The van der Waals surface area contributed by atoms with Gasteiger partial charge in [0, 0.05) is 17.6 Å². The van der Waals surface area contributed by atoms with Gasteiger partial charge in [-0.05, 0) is 35.4 Å². The van der Waals surface area contributed by atoms with Gasteiger partial charge >= 0.3 is 0 Å². The molecule has 2 aliphatic rings. The number of anilines is 1. The van der Waals surface area contributed by atoms with Gasteiger partial charge in [-0.25, -0.2) is 0 Å². The molecule has 0 unspecified atom stereocenters. The highest BCUT2D eigenvalue weighted by Crippen LogP contribution is 2.54. The largest absolute Gasteiger partial charge is 0.384 e. The van der Waals surface area contributed by atoms with Gasteiger partial charge in [-0.2, -0.15) is 0 Å². The lowest BCUT2D eigenvalue weighted by atomic mass is 9.84. The van der Waals surface area contributed by atoms with Gasteiger partial charge in [0.05, 0.1) is 0 Å². The Bertz CT molecular complexity index is 408. The number of fused-ring (bicyclic) bond motifs is 2. The second kappa shape index (κ2) is 2.58. The molecule has 1 aliphatic carbocycles. The van der Waals surface area contributed by atoms with Crippen LogP contribution < -0.4 is 5.32 Å². The first-order valence-electron chi connectivity index (χ1n) is 5.90. The summed E-state index contributed by atoms with van der Waals surface area (Å²) in [6.07, 6.45) is 2.75. The lowest BCUT2D eigenvalue weighted by Gasteiger charge is -2.20. The van der Waals surface area contributed by atoms with Crippen molar-refractivity contribution in [1.82, 2.24) is 0 Å². The normalized spacial score (nSPS) is 21.3. The smallest absolute Gasteiger partial charge is 0.0379 e. The predicted molar refractivity (Wildman–Crippen MR) is 64.5 cm³/mol. The van der Waals surface area contributed by atoms with Crippen LogP contribution in [-0.4, -0.2) is 6.54 Å². The maximum absolute atomic E-state index is 3.53. The van der Waals surface area contributed by atoms with Crippen LogP contribution in [0.15, 0.2) is 18.2 Å². The van der Waals surface area contributed by atoms with Crippen molar-refractivity contribution >= 4 is 5.69 Å². The van der Waals surface area contributed by atoms with Gasteiger partial charge in [0.15, 0.2) is 0 Å². The van der Waals surface area contributed by atoms with E-state index in [1.54, 1.807) is 5.56 Å². The number of rotatable bonds is 0. The Balaban J connectivity index is 2.10. The average molecular weight is 201 g/mol. The van der Waals surface area contributed by atoms with Crippen LogP contribution in [0.5, 0.6) is 0 Å². The standard InChI is InChI=1S/C14H19N/c1-13(2,3)10-4-5-12-11(8-10)14(6-7-14)9-15-12/h4-5,8,15H,6-7,9H2,1-3H3. The van der Waals surface area contributed by atoms with Gasteiger partial charge in [0.1, 0.15) is 0 Å². The molecule has 0 radical (unpaired) electrons. The van der Waals surface area contributed by atoms with Crippen LogP contribution in [0.4, 0.5) is 5.69 Å². The fourth-order valence-corrected chi connectivity index (χ4v) is 2.56. The fraction of sp³-hybridized carbons (Fsp3) is 0.571. The summed E-state index contributed by atoms with van der Waals surface area (Å²) >= 11 is 0. The van der Waals surface area contributed by atoms with Crippen LogP contribution >= 0.6 is 0 Å². The Kier molecular flexibility index (Phi) is 1.59. The number of hydrogen-bond acceptors (Lipinski definition) is 1. The van der Waals surface area contributed by atoms with Crippen molar-refractivity contribution in [2.75, 3.05) is 11.9 Å². The summed E-state index contributed by atoms with van der Waals surface area (Å²) in [6, 6.07) is 6.97. The van der Waals surface area contributed by atoms with Crippen LogP contribution in [0, 0.1) is 0 Å². The molecule has 1 fully saturated rings. The minimum Gasteiger partial charge on any atom is -0.384 e. The van der Waals surface area contributed by atoms with Gasteiger partial charge in [0.25, 0.3) is 0 Å². The van der Waals surface area contributed by atoms with E-state index >= 15 is 0 Å².